The number of nitrogens with zero attached hydrogens (tertiary/aromatic N) is 5. The quantitative estimate of drug-likeness (QED) is 0.267. The average Bonchev–Trinajstić information content (AvgIpc) is 3.41. The number of hydrogen-bond donors (Lipinski definition) is 2. The number of carbonyl (C=O) groups is 1. The Bertz CT molecular complexity index is 1230. The summed E-state index contributed by atoms with van der Waals surface area (Å²) in [4.78, 5) is 31.4. The van der Waals surface area contributed by atoms with Crippen LogP contribution in [0.1, 0.15) is 21.1 Å². The predicted octanol–water partition coefficient (Wildman–Crippen LogP) is 4.00. The zero-order chi connectivity index (χ0) is 28.3. The van der Waals surface area contributed by atoms with Crippen LogP contribution in [0.2, 0.25) is 5.02 Å². The molecule has 1 saturated heterocycles. The van der Waals surface area contributed by atoms with Gasteiger partial charge in [-0.25, -0.2) is 15.0 Å². The number of para-hydroxylation sites is 1. The van der Waals surface area contributed by atoms with E-state index in [4.69, 9.17) is 25.8 Å². The topological polar surface area (TPSA) is 114 Å². The van der Waals surface area contributed by atoms with Crippen LogP contribution in [0.25, 0.3) is 0 Å². The zero-order valence-corrected chi connectivity index (χ0v) is 24.7. The zero-order valence-electron chi connectivity index (χ0n) is 23.1. The molecule has 3 heterocycles. The molecule has 1 aliphatic rings. The number of nitrogens with one attached hydrogen (secondary N) is 2. The summed E-state index contributed by atoms with van der Waals surface area (Å²) in [6, 6.07) is 7.41. The third kappa shape index (κ3) is 8.82. The average molecular weight is 590 g/mol. The number of benzene rings is 1. The Balaban J connectivity index is 1.25. The maximum atomic E-state index is 12.8. The first-order chi connectivity index (χ1) is 19.4. The molecule has 216 valence electrons. The Labute approximate surface area is 243 Å². The van der Waals surface area contributed by atoms with Gasteiger partial charge in [0.05, 0.1) is 49.9 Å². The highest BCUT2D eigenvalue weighted by Crippen LogP contribution is 2.28. The molecule has 0 bridgehead atoms. The van der Waals surface area contributed by atoms with Crippen LogP contribution in [0.4, 0.5) is 22.5 Å². The summed E-state index contributed by atoms with van der Waals surface area (Å²) in [5, 5.41) is 7.18. The van der Waals surface area contributed by atoms with Crippen LogP contribution in [0, 0.1) is 13.8 Å². The van der Waals surface area contributed by atoms with Crippen molar-refractivity contribution in [2.75, 3.05) is 88.4 Å². The number of halogens is 1. The molecule has 1 amide bonds. The Kier molecular flexibility index (Phi) is 11.5. The standard InChI is InChI=1S/C27H36ClN7O4S/c1-19-5-4-6-21(28)25(19)33-26(36)22-18-29-27(40-22)32-23-17-24(31-20(2)30-23)35-9-7-34(8-10-35)11-12-38-15-16-39-14-13-37-3/h4-6,17-18H,7-16H2,1-3H3,(H,33,36)(H,29,30,31,32). The summed E-state index contributed by atoms with van der Waals surface area (Å²) in [6.07, 6.45) is 1.54. The van der Waals surface area contributed by atoms with Gasteiger partial charge < -0.3 is 29.7 Å². The first-order valence-corrected chi connectivity index (χ1v) is 14.4. The van der Waals surface area contributed by atoms with Gasteiger partial charge >= 0.3 is 0 Å². The normalized spacial score (nSPS) is 13.9. The number of carbonyl (C=O) groups excluding carboxylic acids is 1. The van der Waals surface area contributed by atoms with Crippen LogP contribution in [0.5, 0.6) is 0 Å². The van der Waals surface area contributed by atoms with Crippen molar-refractivity contribution in [1.29, 1.82) is 0 Å². The molecule has 40 heavy (non-hydrogen) atoms. The molecular weight excluding hydrogens is 554 g/mol. The van der Waals surface area contributed by atoms with Gasteiger partial charge in [-0.1, -0.05) is 35.1 Å². The summed E-state index contributed by atoms with van der Waals surface area (Å²) in [7, 11) is 1.66. The minimum Gasteiger partial charge on any atom is -0.382 e. The fourth-order valence-corrected chi connectivity index (χ4v) is 5.14. The fraction of sp³-hybridized carbons (Fsp3) is 0.481. The van der Waals surface area contributed by atoms with E-state index in [1.165, 1.54) is 11.3 Å². The van der Waals surface area contributed by atoms with Crippen LogP contribution < -0.4 is 15.5 Å². The second kappa shape index (κ2) is 15.2. The lowest BCUT2D eigenvalue weighted by Crippen LogP contribution is -2.47. The second-order valence-corrected chi connectivity index (χ2v) is 10.7. The van der Waals surface area contributed by atoms with Crippen LogP contribution in [-0.2, 0) is 14.2 Å². The summed E-state index contributed by atoms with van der Waals surface area (Å²) in [5.74, 6) is 1.89. The van der Waals surface area contributed by atoms with Crippen molar-refractivity contribution in [1.82, 2.24) is 19.9 Å². The molecule has 0 aliphatic carbocycles. The number of hydrogen-bond acceptors (Lipinski definition) is 11. The monoisotopic (exact) mass is 589 g/mol. The fourth-order valence-electron chi connectivity index (χ4n) is 4.15. The Morgan fingerprint density at radius 2 is 1.80 bits per heavy atom. The van der Waals surface area contributed by atoms with E-state index in [2.05, 4.69) is 35.4 Å². The summed E-state index contributed by atoms with van der Waals surface area (Å²) in [5.41, 5.74) is 1.49. The van der Waals surface area contributed by atoms with Gasteiger partial charge in [0.1, 0.15) is 22.3 Å². The van der Waals surface area contributed by atoms with E-state index in [0.29, 0.717) is 65.4 Å². The number of anilines is 4. The lowest BCUT2D eigenvalue weighted by Gasteiger charge is -2.35. The van der Waals surface area contributed by atoms with Crippen molar-refractivity contribution in [3.63, 3.8) is 0 Å². The minimum atomic E-state index is -0.264. The van der Waals surface area contributed by atoms with Crippen molar-refractivity contribution >= 4 is 51.3 Å². The van der Waals surface area contributed by atoms with E-state index >= 15 is 0 Å². The Morgan fingerprint density at radius 3 is 2.55 bits per heavy atom. The number of piperazine rings is 1. The third-order valence-electron chi connectivity index (χ3n) is 6.30. The largest absolute Gasteiger partial charge is 0.382 e. The molecule has 4 rings (SSSR count). The molecular formula is C27H36ClN7O4S. The van der Waals surface area contributed by atoms with Crippen LogP contribution in [-0.4, -0.2) is 98.6 Å². The lowest BCUT2D eigenvalue weighted by molar-refractivity contribution is 0.0192. The summed E-state index contributed by atoms with van der Waals surface area (Å²) >= 11 is 7.50. The first-order valence-electron chi connectivity index (χ1n) is 13.2. The number of rotatable bonds is 14. The molecule has 0 atom stereocenters. The number of thiazole rings is 1. The highest BCUT2D eigenvalue weighted by Gasteiger charge is 2.20. The SMILES string of the molecule is COCCOCCOCCN1CCN(c2cc(Nc3ncc(C(=O)Nc4c(C)cccc4Cl)s3)nc(C)n2)CC1. The van der Waals surface area contributed by atoms with E-state index in [1.54, 1.807) is 19.4 Å². The summed E-state index contributed by atoms with van der Waals surface area (Å²) in [6.45, 7) is 11.3. The van der Waals surface area contributed by atoms with Crippen molar-refractivity contribution in [3.05, 3.63) is 51.7 Å². The maximum absolute atomic E-state index is 12.8. The molecule has 3 aromatic rings. The second-order valence-electron chi connectivity index (χ2n) is 9.25. The molecule has 1 aliphatic heterocycles. The summed E-state index contributed by atoms with van der Waals surface area (Å²) < 4.78 is 16.1. The highest BCUT2D eigenvalue weighted by atomic mass is 35.5. The van der Waals surface area contributed by atoms with Crippen molar-refractivity contribution in [2.45, 2.75) is 13.8 Å². The van der Waals surface area contributed by atoms with Crippen molar-refractivity contribution in [3.8, 4) is 0 Å². The molecule has 11 nitrogen and oxygen atoms in total. The van der Waals surface area contributed by atoms with Gasteiger partial charge in [0.2, 0.25) is 0 Å². The molecule has 1 aromatic carbocycles. The first kappa shape index (κ1) is 30.1. The Hall–Kier alpha value is -2.87. The number of methoxy groups -OCH3 is 1. The molecule has 2 N–H and O–H groups in total. The van der Waals surface area contributed by atoms with E-state index < -0.39 is 0 Å². The van der Waals surface area contributed by atoms with Crippen LogP contribution in [0.3, 0.4) is 0 Å². The van der Waals surface area contributed by atoms with Gasteiger partial charge in [0, 0.05) is 45.9 Å². The van der Waals surface area contributed by atoms with Crippen molar-refractivity contribution in [2.24, 2.45) is 0 Å². The highest BCUT2D eigenvalue weighted by molar-refractivity contribution is 7.17. The predicted molar refractivity (Wildman–Crippen MR) is 158 cm³/mol. The molecule has 1 fully saturated rings. The van der Waals surface area contributed by atoms with Crippen LogP contribution >= 0.6 is 22.9 Å². The van der Waals surface area contributed by atoms with E-state index in [-0.39, 0.29) is 5.91 Å². The van der Waals surface area contributed by atoms with Gasteiger partial charge in [-0.3, -0.25) is 9.69 Å². The Morgan fingerprint density at radius 1 is 1.05 bits per heavy atom. The van der Waals surface area contributed by atoms with Gasteiger partial charge in [-0.2, -0.15) is 0 Å². The van der Waals surface area contributed by atoms with Crippen LogP contribution in [0.15, 0.2) is 30.5 Å². The number of aromatic nitrogens is 3. The van der Waals surface area contributed by atoms with Gasteiger partial charge in [0.15, 0.2) is 5.13 Å². The molecule has 13 heteroatoms. The molecule has 0 radical (unpaired) electrons. The number of ether oxygens (including phenoxy) is 3. The molecule has 0 spiro atoms. The molecule has 0 unspecified atom stereocenters. The van der Waals surface area contributed by atoms with Gasteiger partial charge in [-0.15, -0.1) is 0 Å². The minimum absolute atomic E-state index is 0.264. The van der Waals surface area contributed by atoms with E-state index in [9.17, 15) is 4.79 Å². The third-order valence-corrected chi connectivity index (χ3v) is 7.53. The molecule has 0 saturated carbocycles. The molecule has 2 aromatic heterocycles. The smallest absolute Gasteiger partial charge is 0.267 e. The van der Waals surface area contributed by atoms with Crippen molar-refractivity contribution < 1.29 is 19.0 Å². The maximum Gasteiger partial charge on any atom is 0.267 e. The van der Waals surface area contributed by atoms with Gasteiger partial charge in [-0.05, 0) is 25.5 Å². The van der Waals surface area contributed by atoms with Gasteiger partial charge in [0.25, 0.3) is 5.91 Å². The van der Waals surface area contributed by atoms with E-state index in [0.717, 1.165) is 44.1 Å². The lowest BCUT2D eigenvalue weighted by atomic mass is 10.2. The number of amides is 1. The van der Waals surface area contributed by atoms with E-state index in [1.807, 2.05) is 32.0 Å². The number of aryl methyl sites for hydroxylation is 2.